The average Bonchev–Trinajstić information content (AvgIpc) is 1.80. The summed E-state index contributed by atoms with van der Waals surface area (Å²) < 4.78 is 0. The van der Waals surface area contributed by atoms with Crippen molar-refractivity contribution in [3.63, 3.8) is 0 Å². The maximum atomic E-state index is 8.94. The summed E-state index contributed by atoms with van der Waals surface area (Å²) in [5.41, 5.74) is 0. The average molecular weight is 184 g/mol. The van der Waals surface area contributed by atoms with Gasteiger partial charge in [0.2, 0.25) is 0 Å². The van der Waals surface area contributed by atoms with E-state index in [-0.39, 0.29) is 35.3 Å². The first-order valence-electron chi connectivity index (χ1n) is 2.37. The quantitative estimate of drug-likeness (QED) is 0.404. The summed E-state index contributed by atoms with van der Waals surface area (Å²) in [7, 11) is 0. The number of benzene rings is 1. The number of aromatic hydroxyl groups is 1. The van der Waals surface area contributed by atoms with Crippen LogP contribution in [0.4, 0.5) is 0 Å². The monoisotopic (exact) mass is 183 g/mol. The zero-order valence-electron chi connectivity index (χ0n) is 5.50. The van der Waals surface area contributed by atoms with Gasteiger partial charge >= 0.3 is 29.6 Å². The zero-order chi connectivity index (χ0) is 6.85. The van der Waals surface area contributed by atoms with Crippen molar-refractivity contribution in [3.05, 3.63) is 23.2 Å². The molecular weight excluding hydrogens is 179 g/mol. The van der Waals surface area contributed by atoms with Crippen LogP contribution in [0.25, 0.3) is 0 Å². The fourth-order valence-corrected chi connectivity index (χ4v) is 0.802. The number of rotatable bonds is 0. The fraction of sp³-hybridized carbons (Fsp3) is 0. The summed E-state index contributed by atoms with van der Waals surface area (Å²) in [6.45, 7) is 0. The first-order chi connectivity index (χ1) is 4.20. The molecule has 0 aliphatic rings. The molecule has 0 spiro atoms. The van der Waals surface area contributed by atoms with E-state index in [1.54, 1.807) is 12.1 Å². The molecule has 0 saturated carbocycles. The third kappa shape index (κ3) is 2.72. The Labute approximate surface area is 92.1 Å². The second-order valence-electron chi connectivity index (χ2n) is 1.63. The van der Waals surface area contributed by atoms with E-state index >= 15 is 0 Å². The van der Waals surface area contributed by atoms with Crippen molar-refractivity contribution in [1.82, 2.24) is 0 Å². The van der Waals surface area contributed by atoms with Crippen molar-refractivity contribution in [2.24, 2.45) is 0 Å². The molecule has 0 amide bonds. The van der Waals surface area contributed by atoms with Gasteiger partial charge in [0.1, 0.15) is 5.75 Å². The molecule has 0 aliphatic heterocycles. The van der Waals surface area contributed by atoms with Crippen LogP contribution in [0.2, 0.25) is 5.02 Å². The van der Waals surface area contributed by atoms with E-state index in [1.165, 1.54) is 6.07 Å². The predicted molar refractivity (Wildman–Crippen MR) is 40.4 cm³/mol. The van der Waals surface area contributed by atoms with E-state index in [4.69, 9.17) is 16.7 Å². The van der Waals surface area contributed by atoms with Crippen LogP contribution >= 0.6 is 24.2 Å². The minimum Gasteiger partial charge on any atom is -0.507 e. The first-order valence-corrected chi connectivity index (χ1v) is 3.20. The van der Waals surface area contributed by atoms with Crippen LogP contribution in [-0.4, -0.2) is 5.11 Å². The second-order valence-corrected chi connectivity index (χ2v) is 2.55. The summed E-state index contributed by atoms with van der Waals surface area (Å²) in [5.74, 6) is 0.117. The Hall–Kier alpha value is 0.660. The predicted octanol–water partition coefficient (Wildman–Crippen LogP) is -0.662. The molecule has 1 N–H and O–H groups in total. The van der Waals surface area contributed by atoms with Crippen LogP contribution in [0, 0.1) is 0 Å². The topological polar surface area (TPSA) is 20.2 Å². The van der Waals surface area contributed by atoms with Crippen molar-refractivity contribution in [2.75, 3.05) is 0 Å². The van der Waals surface area contributed by atoms with E-state index in [9.17, 15) is 0 Å². The molecule has 0 atom stereocenters. The Balaban J connectivity index is 0.000000810. The minimum atomic E-state index is 0. The molecule has 0 unspecified atom stereocenters. The molecule has 48 valence electrons. The zero-order valence-corrected chi connectivity index (χ0v) is 9.15. The first kappa shape index (κ1) is 10.7. The molecule has 0 heterocycles. The molecule has 0 saturated heterocycles. The maximum absolute atomic E-state index is 8.94. The van der Waals surface area contributed by atoms with Crippen molar-refractivity contribution in [2.45, 2.75) is 4.90 Å². The summed E-state index contributed by atoms with van der Waals surface area (Å²) in [6.07, 6.45) is 0. The molecule has 1 nitrogen and oxygen atoms in total. The van der Waals surface area contributed by atoms with E-state index in [0.717, 1.165) is 0 Å². The summed E-state index contributed by atoms with van der Waals surface area (Å²) >= 11 is 9.46. The number of hydrogen-bond acceptors (Lipinski definition) is 2. The number of halogens is 1. The number of phenols is 1. The van der Waals surface area contributed by atoms with Crippen LogP contribution in [0.3, 0.4) is 0 Å². The molecule has 0 radical (unpaired) electrons. The molecule has 0 bridgehead atoms. The van der Waals surface area contributed by atoms with Crippen LogP contribution in [0.5, 0.6) is 5.75 Å². The van der Waals surface area contributed by atoms with Crippen molar-refractivity contribution in [3.8, 4) is 5.75 Å². The minimum absolute atomic E-state index is 0. The van der Waals surface area contributed by atoms with E-state index < -0.39 is 0 Å². The number of thiol groups is 1. The van der Waals surface area contributed by atoms with E-state index in [0.29, 0.717) is 9.92 Å². The molecule has 0 aromatic heterocycles. The van der Waals surface area contributed by atoms with Gasteiger partial charge in [-0.05, 0) is 18.2 Å². The molecule has 0 fully saturated rings. The third-order valence-corrected chi connectivity index (χ3v) is 1.55. The van der Waals surface area contributed by atoms with Crippen molar-refractivity contribution < 1.29 is 34.7 Å². The summed E-state index contributed by atoms with van der Waals surface area (Å²) in [4.78, 5) is 0.541. The van der Waals surface area contributed by atoms with Gasteiger partial charge in [0.15, 0.2) is 0 Å². The van der Waals surface area contributed by atoms with Crippen LogP contribution in [0.1, 0.15) is 0 Å². The van der Waals surface area contributed by atoms with Gasteiger partial charge in [-0.1, -0.05) is 11.6 Å². The van der Waals surface area contributed by atoms with Crippen LogP contribution in [0.15, 0.2) is 23.1 Å². The molecule has 1 aromatic carbocycles. The summed E-state index contributed by atoms with van der Waals surface area (Å²) in [6, 6.07) is 4.76. The molecular formula is C6H5ClNaOS+. The number of phenolic OH excluding ortho intramolecular Hbond substituents is 1. The Morgan fingerprint density at radius 3 is 2.40 bits per heavy atom. The normalized spacial score (nSPS) is 8.60. The van der Waals surface area contributed by atoms with Gasteiger partial charge in [0.25, 0.3) is 0 Å². The Bertz CT molecular complexity index is 229. The van der Waals surface area contributed by atoms with Crippen LogP contribution < -0.4 is 29.6 Å². The molecule has 10 heavy (non-hydrogen) atoms. The van der Waals surface area contributed by atoms with Gasteiger partial charge in [0, 0.05) is 9.92 Å². The fourth-order valence-electron chi connectivity index (χ4n) is 0.497. The van der Waals surface area contributed by atoms with Gasteiger partial charge in [-0.25, -0.2) is 0 Å². The van der Waals surface area contributed by atoms with Gasteiger partial charge in [0.05, 0.1) is 0 Å². The van der Waals surface area contributed by atoms with E-state index in [1.807, 2.05) is 0 Å². The Morgan fingerprint density at radius 1 is 1.40 bits per heavy atom. The standard InChI is InChI=1S/C6H5ClOS.Na/c7-4-1-2-6(9)5(8)3-4;/h1-3,8-9H;/q;+1. The smallest absolute Gasteiger partial charge is 0.507 e. The SMILES string of the molecule is Oc1cc(Cl)ccc1S.[Na+]. The molecule has 1 aromatic rings. The Morgan fingerprint density at radius 2 is 2.00 bits per heavy atom. The van der Waals surface area contributed by atoms with Gasteiger partial charge in [-0.2, -0.15) is 0 Å². The second kappa shape index (κ2) is 4.52. The molecule has 1 rings (SSSR count). The van der Waals surface area contributed by atoms with Crippen molar-refractivity contribution >= 4 is 24.2 Å². The van der Waals surface area contributed by atoms with E-state index in [2.05, 4.69) is 12.6 Å². The molecule has 4 heteroatoms. The largest absolute Gasteiger partial charge is 1.00 e. The maximum Gasteiger partial charge on any atom is 1.00 e. The molecule has 0 aliphatic carbocycles. The van der Waals surface area contributed by atoms with Crippen LogP contribution in [-0.2, 0) is 0 Å². The third-order valence-electron chi connectivity index (χ3n) is 0.937. The van der Waals surface area contributed by atoms with Gasteiger partial charge in [-0.15, -0.1) is 12.6 Å². The summed E-state index contributed by atoms with van der Waals surface area (Å²) in [5, 5.41) is 9.46. The van der Waals surface area contributed by atoms with Gasteiger partial charge < -0.3 is 5.11 Å². The number of hydrogen-bond donors (Lipinski definition) is 2. The Kier molecular flexibility index (Phi) is 4.82. The van der Waals surface area contributed by atoms with Gasteiger partial charge in [-0.3, -0.25) is 0 Å². The van der Waals surface area contributed by atoms with Crippen molar-refractivity contribution in [1.29, 1.82) is 0 Å².